The second-order valence-electron chi connectivity index (χ2n) is 4.43. The Bertz CT molecular complexity index is 692. The molecule has 0 aliphatic carbocycles. The molecule has 102 valence electrons. The molecule has 1 aromatic carbocycles. The van der Waals surface area contributed by atoms with Crippen molar-refractivity contribution in [1.29, 1.82) is 0 Å². The third-order valence-corrected chi connectivity index (χ3v) is 3.63. The van der Waals surface area contributed by atoms with Crippen molar-refractivity contribution in [1.82, 2.24) is 0 Å². The average Bonchev–Trinajstić information content (AvgIpc) is 2.88. The van der Waals surface area contributed by atoms with Crippen molar-refractivity contribution in [2.24, 2.45) is 0 Å². The first kappa shape index (κ1) is 14.3. The van der Waals surface area contributed by atoms with E-state index in [9.17, 15) is 4.79 Å². The number of thiophene rings is 1. The van der Waals surface area contributed by atoms with Crippen molar-refractivity contribution in [3.05, 3.63) is 51.2 Å². The lowest BCUT2D eigenvalue weighted by molar-refractivity contribution is 0.102. The summed E-state index contributed by atoms with van der Waals surface area (Å²) in [6.07, 6.45) is 0. The van der Waals surface area contributed by atoms with E-state index in [1.807, 2.05) is 32.0 Å². The molecule has 0 spiro atoms. The second-order valence-corrected chi connectivity index (χ2v) is 5.34. The largest absolute Gasteiger partial charge is 0.384 e. The molecule has 0 unspecified atom stereocenters. The average molecular weight is 285 g/mol. The summed E-state index contributed by atoms with van der Waals surface area (Å²) >= 11 is 1.39. The number of amides is 1. The van der Waals surface area contributed by atoms with Gasteiger partial charge in [0.2, 0.25) is 0 Å². The summed E-state index contributed by atoms with van der Waals surface area (Å²) in [6.45, 7) is 3.81. The van der Waals surface area contributed by atoms with E-state index in [2.05, 4.69) is 17.2 Å². The van der Waals surface area contributed by atoms with Gasteiger partial charge in [-0.25, -0.2) is 0 Å². The Labute approximate surface area is 122 Å². The first-order chi connectivity index (χ1) is 9.60. The number of hydrogen-bond donors (Lipinski definition) is 2. The summed E-state index contributed by atoms with van der Waals surface area (Å²) in [5, 5.41) is 13.3. The maximum atomic E-state index is 12.1. The molecule has 1 amide bonds. The number of benzene rings is 1. The number of carbonyl (C=O) groups is 1. The first-order valence-corrected chi connectivity index (χ1v) is 7.05. The van der Waals surface area contributed by atoms with Gasteiger partial charge in [-0.05, 0) is 31.5 Å². The number of anilines is 1. The van der Waals surface area contributed by atoms with Gasteiger partial charge in [0.15, 0.2) is 0 Å². The van der Waals surface area contributed by atoms with Crippen LogP contribution in [0.15, 0.2) is 29.6 Å². The number of carbonyl (C=O) groups excluding carboxylic acids is 1. The molecule has 20 heavy (non-hydrogen) atoms. The second kappa shape index (κ2) is 6.38. The summed E-state index contributed by atoms with van der Waals surface area (Å²) in [7, 11) is 0. The van der Waals surface area contributed by atoms with Crippen molar-refractivity contribution >= 4 is 22.9 Å². The predicted molar refractivity (Wildman–Crippen MR) is 82.2 cm³/mol. The zero-order chi connectivity index (χ0) is 14.5. The molecule has 1 aromatic heterocycles. The fraction of sp³-hybridized carbons (Fsp3) is 0.188. The Balaban J connectivity index is 2.13. The fourth-order valence-electron chi connectivity index (χ4n) is 1.80. The van der Waals surface area contributed by atoms with E-state index in [4.69, 9.17) is 5.11 Å². The van der Waals surface area contributed by atoms with Crippen molar-refractivity contribution in [2.75, 3.05) is 11.9 Å². The molecule has 0 bridgehead atoms. The van der Waals surface area contributed by atoms with Crippen molar-refractivity contribution in [3.8, 4) is 11.8 Å². The summed E-state index contributed by atoms with van der Waals surface area (Å²) in [4.78, 5) is 12.9. The summed E-state index contributed by atoms with van der Waals surface area (Å²) in [5.74, 6) is 5.21. The van der Waals surface area contributed by atoms with Gasteiger partial charge in [-0.2, -0.15) is 0 Å². The van der Waals surface area contributed by atoms with Gasteiger partial charge in [-0.3, -0.25) is 4.79 Å². The van der Waals surface area contributed by atoms with Crippen LogP contribution in [0.2, 0.25) is 0 Å². The van der Waals surface area contributed by atoms with Crippen LogP contribution >= 0.6 is 11.3 Å². The quantitative estimate of drug-likeness (QED) is 0.833. The highest BCUT2D eigenvalue weighted by Crippen LogP contribution is 2.19. The molecule has 0 atom stereocenters. The standard InChI is InChI=1S/C16H15NO2S/c1-11-5-6-15(12(2)8-11)17-16(19)13-9-14(20-10-13)4-3-7-18/h5-6,8-10,18H,7H2,1-2H3,(H,17,19). The summed E-state index contributed by atoms with van der Waals surface area (Å²) in [6, 6.07) is 7.63. The minimum Gasteiger partial charge on any atom is -0.384 e. The lowest BCUT2D eigenvalue weighted by Gasteiger charge is -2.08. The van der Waals surface area contributed by atoms with Crippen molar-refractivity contribution in [3.63, 3.8) is 0 Å². The number of aryl methyl sites for hydroxylation is 2. The van der Waals surface area contributed by atoms with Crippen LogP contribution in [-0.2, 0) is 0 Å². The van der Waals surface area contributed by atoms with Gasteiger partial charge in [-0.1, -0.05) is 29.5 Å². The van der Waals surface area contributed by atoms with E-state index < -0.39 is 0 Å². The van der Waals surface area contributed by atoms with Crippen LogP contribution in [0, 0.1) is 25.7 Å². The summed E-state index contributed by atoms with van der Waals surface area (Å²) in [5.41, 5.74) is 3.60. The number of rotatable bonds is 2. The van der Waals surface area contributed by atoms with Crippen molar-refractivity contribution in [2.45, 2.75) is 13.8 Å². The topological polar surface area (TPSA) is 49.3 Å². The molecule has 3 nitrogen and oxygen atoms in total. The van der Waals surface area contributed by atoms with Crippen LogP contribution in [0.25, 0.3) is 0 Å². The third kappa shape index (κ3) is 3.47. The van der Waals surface area contributed by atoms with Gasteiger partial charge < -0.3 is 10.4 Å². The molecular weight excluding hydrogens is 270 g/mol. The minimum absolute atomic E-state index is 0.148. The highest BCUT2D eigenvalue weighted by molar-refractivity contribution is 7.10. The maximum absolute atomic E-state index is 12.1. The SMILES string of the molecule is Cc1ccc(NC(=O)c2csc(C#CCO)c2)c(C)c1. The lowest BCUT2D eigenvalue weighted by Crippen LogP contribution is -2.11. The molecule has 1 heterocycles. The lowest BCUT2D eigenvalue weighted by atomic mass is 10.1. The molecule has 0 aliphatic rings. The smallest absolute Gasteiger partial charge is 0.256 e. The minimum atomic E-state index is -0.179. The Kier molecular flexibility index (Phi) is 4.57. The molecule has 4 heteroatoms. The van der Waals surface area contributed by atoms with Gasteiger partial charge in [0.25, 0.3) is 5.91 Å². The van der Waals surface area contributed by atoms with E-state index in [1.54, 1.807) is 11.4 Å². The molecular formula is C16H15NO2S. The van der Waals surface area contributed by atoms with Crippen molar-refractivity contribution < 1.29 is 9.90 Å². The zero-order valence-electron chi connectivity index (χ0n) is 11.4. The number of aliphatic hydroxyl groups excluding tert-OH is 1. The van der Waals surface area contributed by atoms with Gasteiger partial charge in [-0.15, -0.1) is 11.3 Å². The third-order valence-electron chi connectivity index (χ3n) is 2.78. The normalized spacial score (nSPS) is 9.75. The van der Waals surface area contributed by atoms with E-state index in [0.717, 1.165) is 21.7 Å². The fourth-order valence-corrected chi connectivity index (χ4v) is 2.55. The van der Waals surface area contributed by atoms with Crippen LogP contribution < -0.4 is 5.32 Å². The van der Waals surface area contributed by atoms with E-state index in [0.29, 0.717) is 5.56 Å². The first-order valence-electron chi connectivity index (χ1n) is 6.17. The van der Waals surface area contributed by atoms with Gasteiger partial charge in [0.1, 0.15) is 6.61 Å². The van der Waals surface area contributed by atoms with Crippen LogP contribution in [0.1, 0.15) is 26.4 Å². The number of aliphatic hydroxyl groups is 1. The molecule has 0 radical (unpaired) electrons. The molecule has 2 rings (SSSR count). The Morgan fingerprint density at radius 2 is 2.15 bits per heavy atom. The Morgan fingerprint density at radius 1 is 1.35 bits per heavy atom. The van der Waals surface area contributed by atoms with E-state index in [1.165, 1.54) is 11.3 Å². The highest BCUT2D eigenvalue weighted by Gasteiger charge is 2.09. The molecule has 0 fully saturated rings. The van der Waals surface area contributed by atoms with Crippen LogP contribution in [0.3, 0.4) is 0 Å². The Hall–Kier alpha value is -2.09. The monoisotopic (exact) mass is 285 g/mol. The predicted octanol–water partition coefficient (Wildman–Crippen LogP) is 2.96. The molecule has 0 saturated heterocycles. The molecule has 0 saturated carbocycles. The van der Waals surface area contributed by atoms with E-state index >= 15 is 0 Å². The van der Waals surface area contributed by atoms with Crippen LogP contribution in [-0.4, -0.2) is 17.6 Å². The maximum Gasteiger partial charge on any atom is 0.256 e. The molecule has 2 N–H and O–H groups in total. The zero-order valence-corrected chi connectivity index (χ0v) is 12.2. The molecule has 2 aromatic rings. The van der Waals surface area contributed by atoms with Gasteiger partial charge in [0.05, 0.1) is 10.4 Å². The van der Waals surface area contributed by atoms with Gasteiger partial charge in [0, 0.05) is 11.1 Å². The summed E-state index contributed by atoms with van der Waals surface area (Å²) < 4.78 is 0. The van der Waals surface area contributed by atoms with E-state index in [-0.39, 0.29) is 12.5 Å². The van der Waals surface area contributed by atoms with Gasteiger partial charge >= 0.3 is 0 Å². The highest BCUT2D eigenvalue weighted by atomic mass is 32.1. The molecule has 0 aliphatic heterocycles. The number of nitrogens with one attached hydrogen (secondary N) is 1. The number of hydrogen-bond acceptors (Lipinski definition) is 3. The Morgan fingerprint density at radius 3 is 2.85 bits per heavy atom. The van der Waals surface area contributed by atoms with Crippen LogP contribution in [0.4, 0.5) is 5.69 Å². The van der Waals surface area contributed by atoms with Crippen LogP contribution in [0.5, 0.6) is 0 Å².